The van der Waals surface area contributed by atoms with Crippen LogP contribution < -0.4 is 0 Å². The third kappa shape index (κ3) is 2.61. The Morgan fingerprint density at radius 3 is 2.83 bits per heavy atom. The van der Waals surface area contributed by atoms with Crippen molar-refractivity contribution in [1.29, 1.82) is 0 Å². The summed E-state index contributed by atoms with van der Waals surface area (Å²) in [6, 6.07) is 7.83. The first-order chi connectivity index (χ1) is 11.6. The van der Waals surface area contributed by atoms with E-state index in [1.54, 1.807) is 12.6 Å². The molecule has 0 spiro atoms. The molecule has 1 aromatic carbocycles. The molecule has 0 aliphatic rings. The summed E-state index contributed by atoms with van der Waals surface area (Å²) >= 11 is 4.96. The predicted molar refractivity (Wildman–Crippen MR) is 94.8 cm³/mol. The van der Waals surface area contributed by atoms with E-state index in [4.69, 9.17) is 4.42 Å². The van der Waals surface area contributed by atoms with E-state index in [1.165, 1.54) is 11.8 Å². The standard InChI is InChI=1S/C16H12BrN5OS/c1-9-11(5-6-23-9)14-20-21-16(22(14)2)24-15-12-7-10(17)3-4-13(12)18-8-19-15/h3-8H,1-2H3. The highest BCUT2D eigenvalue weighted by molar-refractivity contribution is 9.10. The normalized spacial score (nSPS) is 11.3. The molecule has 3 heterocycles. The van der Waals surface area contributed by atoms with Gasteiger partial charge in [0.05, 0.1) is 17.3 Å². The monoisotopic (exact) mass is 401 g/mol. The van der Waals surface area contributed by atoms with Gasteiger partial charge in [0.1, 0.15) is 17.1 Å². The van der Waals surface area contributed by atoms with Crippen molar-refractivity contribution >= 4 is 38.6 Å². The lowest BCUT2D eigenvalue weighted by Gasteiger charge is -2.05. The molecule has 4 aromatic rings. The molecule has 0 fully saturated rings. The fourth-order valence-electron chi connectivity index (χ4n) is 2.43. The summed E-state index contributed by atoms with van der Waals surface area (Å²) in [7, 11) is 1.93. The zero-order valence-corrected chi connectivity index (χ0v) is 15.3. The van der Waals surface area contributed by atoms with E-state index in [-0.39, 0.29) is 0 Å². The lowest BCUT2D eigenvalue weighted by molar-refractivity contribution is 0.534. The zero-order chi connectivity index (χ0) is 16.7. The lowest BCUT2D eigenvalue weighted by atomic mass is 10.2. The molecule has 0 aliphatic carbocycles. The van der Waals surface area contributed by atoms with Gasteiger partial charge in [0.2, 0.25) is 0 Å². The smallest absolute Gasteiger partial charge is 0.197 e. The topological polar surface area (TPSA) is 69.6 Å². The summed E-state index contributed by atoms with van der Waals surface area (Å²) in [5.41, 5.74) is 1.83. The highest BCUT2D eigenvalue weighted by Gasteiger charge is 2.16. The Morgan fingerprint density at radius 2 is 2.04 bits per heavy atom. The van der Waals surface area contributed by atoms with Crippen LogP contribution in [-0.2, 0) is 7.05 Å². The number of benzene rings is 1. The number of hydrogen-bond donors (Lipinski definition) is 0. The molecule has 3 aromatic heterocycles. The van der Waals surface area contributed by atoms with E-state index >= 15 is 0 Å². The SMILES string of the molecule is Cc1occc1-c1nnc(Sc2ncnc3ccc(Br)cc23)n1C. The summed E-state index contributed by atoms with van der Waals surface area (Å²) in [5, 5.41) is 11.2. The Labute approximate surface area is 150 Å². The Morgan fingerprint density at radius 1 is 1.17 bits per heavy atom. The highest BCUT2D eigenvalue weighted by Crippen LogP contribution is 2.33. The minimum Gasteiger partial charge on any atom is -0.469 e. The van der Waals surface area contributed by atoms with Crippen molar-refractivity contribution in [1.82, 2.24) is 24.7 Å². The number of fused-ring (bicyclic) bond motifs is 1. The van der Waals surface area contributed by atoms with Crippen molar-refractivity contribution in [2.24, 2.45) is 7.05 Å². The van der Waals surface area contributed by atoms with Gasteiger partial charge in [-0.15, -0.1) is 10.2 Å². The number of aryl methyl sites for hydroxylation is 1. The minimum absolute atomic E-state index is 0.755. The van der Waals surface area contributed by atoms with Crippen molar-refractivity contribution in [3.8, 4) is 11.4 Å². The van der Waals surface area contributed by atoms with E-state index in [0.29, 0.717) is 0 Å². The fourth-order valence-corrected chi connectivity index (χ4v) is 3.64. The quantitative estimate of drug-likeness (QED) is 0.478. The minimum atomic E-state index is 0.755. The average molecular weight is 402 g/mol. The second-order valence-electron chi connectivity index (χ2n) is 5.20. The zero-order valence-electron chi connectivity index (χ0n) is 12.9. The van der Waals surface area contributed by atoms with E-state index in [2.05, 4.69) is 36.1 Å². The van der Waals surface area contributed by atoms with Crippen LogP contribution in [0.5, 0.6) is 0 Å². The molecule has 0 unspecified atom stereocenters. The molecule has 0 radical (unpaired) electrons. The molecule has 24 heavy (non-hydrogen) atoms. The summed E-state index contributed by atoms with van der Waals surface area (Å²) < 4.78 is 8.28. The first-order valence-corrected chi connectivity index (χ1v) is 8.76. The van der Waals surface area contributed by atoms with E-state index in [0.717, 1.165) is 42.7 Å². The molecule has 8 heteroatoms. The van der Waals surface area contributed by atoms with Gasteiger partial charge in [-0.2, -0.15) is 0 Å². The summed E-state index contributed by atoms with van der Waals surface area (Å²) in [6.07, 6.45) is 3.22. The van der Waals surface area contributed by atoms with Gasteiger partial charge in [-0.1, -0.05) is 15.9 Å². The first-order valence-electron chi connectivity index (χ1n) is 7.15. The van der Waals surface area contributed by atoms with Crippen LogP contribution in [0.3, 0.4) is 0 Å². The molecule has 4 rings (SSSR count). The van der Waals surface area contributed by atoms with Crippen molar-refractivity contribution < 1.29 is 4.42 Å². The maximum absolute atomic E-state index is 5.36. The molecular weight excluding hydrogens is 390 g/mol. The highest BCUT2D eigenvalue weighted by atomic mass is 79.9. The van der Waals surface area contributed by atoms with Crippen LogP contribution in [-0.4, -0.2) is 24.7 Å². The average Bonchev–Trinajstić information content (AvgIpc) is 3.14. The molecule has 120 valence electrons. The Bertz CT molecular complexity index is 1040. The largest absolute Gasteiger partial charge is 0.469 e. The molecular formula is C16H12BrN5OS. The molecule has 0 aliphatic heterocycles. The molecule has 0 amide bonds. The first kappa shape index (κ1) is 15.3. The van der Waals surface area contributed by atoms with Gasteiger partial charge in [-0.25, -0.2) is 9.97 Å². The van der Waals surface area contributed by atoms with E-state index in [9.17, 15) is 0 Å². The lowest BCUT2D eigenvalue weighted by Crippen LogP contribution is -1.95. The molecule has 0 saturated carbocycles. The number of furan rings is 1. The van der Waals surface area contributed by atoms with Gasteiger partial charge in [0, 0.05) is 16.9 Å². The van der Waals surface area contributed by atoms with Crippen molar-refractivity contribution in [2.45, 2.75) is 17.1 Å². The van der Waals surface area contributed by atoms with Crippen molar-refractivity contribution in [3.05, 3.63) is 47.1 Å². The summed E-state index contributed by atoms with van der Waals surface area (Å²) in [5.74, 6) is 1.58. The fraction of sp³-hybridized carbons (Fsp3) is 0.125. The van der Waals surface area contributed by atoms with Crippen molar-refractivity contribution in [3.63, 3.8) is 0 Å². The third-order valence-electron chi connectivity index (χ3n) is 3.68. The predicted octanol–water partition coefficient (Wildman–Crippen LogP) is 4.24. The number of hydrogen-bond acceptors (Lipinski definition) is 6. The maximum Gasteiger partial charge on any atom is 0.197 e. The van der Waals surface area contributed by atoms with Crippen LogP contribution in [0, 0.1) is 6.92 Å². The van der Waals surface area contributed by atoms with Crippen LogP contribution in [0.2, 0.25) is 0 Å². The van der Waals surface area contributed by atoms with Crippen LogP contribution >= 0.6 is 27.7 Å². The van der Waals surface area contributed by atoms with Crippen molar-refractivity contribution in [2.75, 3.05) is 0 Å². The van der Waals surface area contributed by atoms with Crippen LogP contribution in [0.25, 0.3) is 22.3 Å². The Balaban J connectivity index is 1.76. The second-order valence-corrected chi connectivity index (χ2v) is 7.07. The summed E-state index contributed by atoms with van der Waals surface area (Å²) in [6.45, 7) is 1.91. The van der Waals surface area contributed by atoms with Gasteiger partial charge in [-0.3, -0.25) is 0 Å². The third-order valence-corrected chi connectivity index (χ3v) is 5.23. The van der Waals surface area contributed by atoms with Gasteiger partial charge in [0.15, 0.2) is 11.0 Å². The van der Waals surface area contributed by atoms with Crippen LogP contribution in [0.1, 0.15) is 5.76 Å². The van der Waals surface area contributed by atoms with Gasteiger partial charge >= 0.3 is 0 Å². The van der Waals surface area contributed by atoms with Crippen LogP contribution in [0.4, 0.5) is 0 Å². The number of rotatable bonds is 3. The van der Waals surface area contributed by atoms with Gasteiger partial charge < -0.3 is 8.98 Å². The Kier molecular flexibility index (Phi) is 3.85. The summed E-state index contributed by atoms with van der Waals surface area (Å²) in [4.78, 5) is 8.71. The number of aromatic nitrogens is 5. The molecule has 0 atom stereocenters. The van der Waals surface area contributed by atoms with Gasteiger partial charge in [0.25, 0.3) is 0 Å². The molecule has 0 N–H and O–H groups in total. The number of nitrogens with zero attached hydrogens (tertiary/aromatic N) is 5. The maximum atomic E-state index is 5.36. The number of halogens is 1. The van der Waals surface area contributed by atoms with Crippen LogP contribution in [0.15, 0.2) is 55.9 Å². The second kappa shape index (κ2) is 6.03. The Hall–Kier alpha value is -2.19. The van der Waals surface area contributed by atoms with Gasteiger partial charge in [-0.05, 0) is 43.0 Å². The molecule has 0 saturated heterocycles. The molecule has 0 bridgehead atoms. The van der Waals surface area contributed by atoms with E-state index in [1.807, 2.05) is 42.8 Å². The van der Waals surface area contributed by atoms with E-state index < -0.39 is 0 Å². The molecule has 6 nitrogen and oxygen atoms in total.